The molecule has 17 heavy (non-hydrogen) atoms. The number of carbonyl (C=O) groups excluding carboxylic acids is 1. The first-order valence-corrected chi connectivity index (χ1v) is 6.27. The molecule has 0 aliphatic heterocycles. The molecular formula is C13H22O4. The van der Waals surface area contributed by atoms with Crippen molar-refractivity contribution >= 4 is 5.97 Å². The zero-order valence-corrected chi connectivity index (χ0v) is 10.3. The third-order valence-corrected chi connectivity index (χ3v) is 2.97. The van der Waals surface area contributed by atoms with E-state index in [0.717, 1.165) is 6.08 Å². The Labute approximate surface area is 103 Å². The van der Waals surface area contributed by atoms with Crippen LogP contribution in [0.5, 0.6) is 0 Å². The van der Waals surface area contributed by atoms with Gasteiger partial charge in [-0.15, -0.1) is 0 Å². The molecule has 1 saturated carbocycles. The fourth-order valence-electron chi connectivity index (χ4n) is 2.01. The Bertz CT molecular complexity index is 234. The molecule has 0 spiro atoms. The number of hydrogen-bond acceptors (Lipinski definition) is 4. The van der Waals surface area contributed by atoms with Crippen molar-refractivity contribution in [2.45, 2.75) is 38.2 Å². The Morgan fingerprint density at radius 3 is 2.71 bits per heavy atom. The molecule has 0 bridgehead atoms. The Kier molecular flexibility index (Phi) is 6.89. The molecule has 0 radical (unpaired) electrons. The highest BCUT2D eigenvalue weighted by Gasteiger charge is 2.14. The number of aliphatic hydroxyl groups is 1. The van der Waals surface area contributed by atoms with E-state index >= 15 is 0 Å². The molecule has 1 rings (SSSR count). The third-order valence-electron chi connectivity index (χ3n) is 2.97. The highest BCUT2D eigenvalue weighted by atomic mass is 16.5. The quantitative estimate of drug-likeness (QED) is 0.545. The van der Waals surface area contributed by atoms with Gasteiger partial charge in [-0.3, -0.25) is 0 Å². The molecule has 4 nitrogen and oxygen atoms in total. The van der Waals surface area contributed by atoms with Crippen LogP contribution in [0.3, 0.4) is 0 Å². The van der Waals surface area contributed by atoms with E-state index in [1.807, 2.05) is 0 Å². The van der Waals surface area contributed by atoms with Crippen molar-refractivity contribution in [1.82, 2.24) is 0 Å². The molecular weight excluding hydrogens is 220 g/mol. The van der Waals surface area contributed by atoms with E-state index in [4.69, 9.17) is 9.47 Å². The zero-order chi connectivity index (χ0) is 12.5. The van der Waals surface area contributed by atoms with Crippen LogP contribution >= 0.6 is 0 Å². The number of rotatable bonds is 7. The number of carbonyl (C=O) groups is 1. The molecule has 0 aromatic carbocycles. The van der Waals surface area contributed by atoms with Crippen molar-refractivity contribution in [3.8, 4) is 0 Å². The first-order chi connectivity index (χ1) is 8.22. The van der Waals surface area contributed by atoms with Gasteiger partial charge >= 0.3 is 5.97 Å². The van der Waals surface area contributed by atoms with Crippen molar-refractivity contribution < 1.29 is 19.4 Å². The van der Waals surface area contributed by atoms with Gasteiger partial charge in [-0.25, -0.2) is 4.79 Å². The fourth-order valence-corrected chi connectivity index (χ4v) is 2.01. The summed E-state index contributed by atoms with van der Waals surface area (Å²) in [6.07, 6.45) is 6.68. The van der Waals surface area contributed by atoms with E-state index in [0.29, 0.717) is 12.5 Å². The van der Waals surface area contributed by atoms with Gasteiger partial charge in [0.15, 0.2) is 0 Å². The molecule has 1 unspecified atom stereocenters. The van der Waals surface area contributed by atoms with Crippen molar-refractivity contribution in [3.05, 3.63) is 12.7 Å². The van der Waals surface area contributed by atoms with Gasteiger partial charge in [-0.2, -0.15) is 0 Å². The summed E-state index contributed by atoms with van der Waals surface area (Å²) in [5, 5.41) is 9.49. The molecule has 98 valence electrons. The molecule has 0 heterocycles. The van der Waals surface area contributed by atoms with Crippen LogP contribution in [0.4, 0.5) is 0 Å². The van der Waals surface area contributed by atoms with Gasteiger partial charge in [0.05, 0.1) is 6.61 Å². The number of ether oxygens (including phenoxy) is 2. The Balaban J connectivity index is 2.00. The summed E-state index contributed by atoms with van der Waals surface area (Å²) in [7, 11) is 0. The lowest BCUT2D eigenvalue weighted by Gasteiger charge is -2.21. The van der Waals surface area contributed by atoms with Crippen LogP contribution in [0.25, 0.3) is 0 Å². The molecule has 1 fully saturated rings. The lowest BCUT2D eigenvalue weighted by atomic mass is 9.90. The van der Waals surface area contributed by atoms with Gasteiger partial charge in [0.25, 0.3) is 0 Å². The summed E-state index contributed by atoms with van der Waals surface area (Å²) in [6, 6.07) is 0. The van der Waals surface area contributed by atoms with E-state index in [-0.39, 0.29) is 13.2 Å². The molecule has 0 aromatic heterocycles. The second-order valence-corrected chi connectivity index (χ2v) is 4.53. The van der Waals surface area contributed by atoms with Gasteiger partial charge in [-0.05, 0) is 18.8 Å². The number of hydrogen-bond donors (Lipinski definition) is 1. The summed E-state index contributed by atoms with van der Waals surface area (Å²) in [6.45, 7) is 4.17. The molecule has 0 saturated heterocycles. The van der Waals surface area contributed by atoms with E-state index in [9.17, 15) is 9.90 Å². The van der Waals surface area contributed by atoms with Gasteiger partial charge < -0.3 is 14.6 Å². The van der Waals surface area contributed by atoms with E-state index in [2.05, 4.69) is 6.58 Å². The average Bonchev–Trinajstić information content (AvgIpc) is 2.37. The maximum Gasteiger partial charge on any atom is 0.330 e. The van der Waals surface area contributed by atoms with Crippen LogP contribution < -0.4 is 0 Å². The van der Waals surface area contributed by atoms with Gasteiger partial charge in [0.1, 0.15) is 12.7 Å². The maximum atomic E-state index is 10.7. The fraction of sp³-hybridized carbons (Fsp3) is 0.769. The van der Waals surface area contributed by atoms with Gasteiger partial charge in [-0.1, -0.05) is 25.8 Å². The average molecular weight is 242 g/mol. The third kappa shape index (κ3) is 6.44. The van der Waals surface area contributed by atoms with Crippen molar-refractivity contribution in [2.75, 3.05) is 19.8 Å². The Hall–Kier alpha value is -0.870. The summed E-state index contributed by atoms with van der Waals surface area (Å²) in [5.74, 6) is 0.114. The molecule has 1 aliphatic carbocycles. The predicted octanol–water partition coefficient (Wildman–Crippen LogP) is 1.67. The number of aliphatic hydroxyl groups excluding tert-OH is 1. The first kappa shape index (κ1) is 14.2. The van der Waals surface area contributed by atoms with Crippen LogP contribution in [0.2, 0.25) is 0 Å². The first-order valence-electron chi connectivity index (χ1n) is 6.27. The number of esters is 1. The minimum Gasteiger partial charge on any atom is -0.460 e. The zero-order valence-electron chi connectivity index (χ0n) is 10.3. The standard InChI is InChI=1S/C13H22O4/c1-2-13(15)17-10-12(14)9-16-8-11-6-4-3-5-7-11/h2,11-12,14H,1,3-10H2. The molecule has 4 heteroatoms. The largest absolute Gasteiger partial charge is 0.460 e. The Morgan fingerprint density at radius 1 is 1.35 bits per heavy atom. The van der Waals surface area contributed by atoms with E-state index in [1.54, 1.807) is 0 Å². The molecule has 1 atom stereocenters. The minimum absolute atomic E-state index is 0.0322. The van der Waals surface area contributed by atoms with Crippen LogP contribution in [0, 0.1) is 5.92 Å². The smallest absolute Gasteiger partial charge is 0.330 e. The molecule has 0 amide bonds. The van der Waals surface area contributed by atoms with Crippen LogP contribution in [-0.4, -0.2) is 37.0 Å². The van der Waals surface area contributed by atoms with Gasteiger partial charge in [0, 0.05) is 12.7 Å². The van der Waals surface area contributed by atoms with Crippen molar-refractivity contribution in [1.29, 1.82) is 0 Å². The molecule has 1 aliphatic rings. The highest BCUT2D eigenvalue weighted by molar-refractivity contribution is 5.81. The monoisotopic (exact) mass is 242 g/mol. The van der Waals surface area contributed by atoms with Crippen molar-refractivity contribution in [2.24, 2.45) is 5.92 Å². The SMILES string of the molecule is C=CC(=O)OCC(O)COCC1CCCCC1. The van der Waals surface area contributed by atoms with Crippen LogP contribution in [0.1, 0.15) is 32.1 Å². The van der Waals surface area contributed by atoms with E-state index < -0.39 is 12.1 Å². The lowest BCUT2D eigenvalue weighted by molar-refractivity contribution is -0.142. The summed E-state index contributed by atoms with van der Waals surface area (Å²) >= 11 is 0. The topological polar surface area (TPSA) is 55.8 Å². The second kappa shape index (κ2) is 8.25. The summed E-state index contributed by atoms with van der Waals surface area (Å²) in [5.41, 5.74) is 0. The minimum atomic E-state index is -0.748. The molecule has 0 aromatic rings. The summed E-state index contributed by atoms with van der Waals surface area (Å²) in [4.78, 5) is 10.7. The van der Waals surface area contributed by atoms with E-state index in [1.165, 1.54) is 32.1 Å². The summed E-state index contributed by atoms with van der Waals surface area (Å²) < 4.78 is 10.1. The van der Waals surface area contributed by atoms with Gasteiger partial charge in [0.2, 0.25) is 0 Å². The van der Waals surface area contributed by atoms with Crippen LogP contribution in [0.15, 0.2) is 12.7 Å². The maximum absolute atomic E-state index is 10.7. The normalized spacial score (nSPS) is 18.6. The lowest BCUT2D eigenvalue weighted by Crippen LogP contribution is -2.25. The van der Waals surface area contributed by atoms with Crippen molar-refractivity contribution in [3.63, 3.8) is 0 Å². The molecule has 1 N–H and O–H groups in total. The second-order valence-electron chi connectivity index (χ2n) is 4.53. The Morgan fingerprint density at radius 2 is 2.06 bits per heavy atom. The van der Waals surface area contributed by atoms with Crippen LogP contribution in [-0.2, 0) is 14.3 Å². The highest BCUT2D eigenvalue weighted by Crippen LogP contribution is 2.23. The predicted molar refractivity (Wildman–Crippen MR) is 64.6 cm³/mol.